The highest BCUT2D eigenvalue weighted by Gasteiger charge is 2.44. The number of allylic oxidation sites excluding steroid dienone is 6. The van der Waals surface area contributed by atoms with Crippen molar-refractivity contribution in [3.8, 4) is 0 Å². The average Bonchev–Trinajstić information content (AvgIpc) is 3.41. The fourth-order valence-corrected chi connectivity index (χ4v) is 10.2. The molecule has 9 unspecified atom stereocenters. The largest absolute Gasteiger partial charge is 0.394 e. The van der Waals surface area contributed by atoms with Gasteiger partial charge in [-0.15, -0.1) is 0 Å². The lowest BCUT2D eigenvalue weighted by molar-refractivity contribution is -0.303. The van der Waals surface area contributed by atoms with Gasteiger partial charge >= 0.3 is 0 Å². The van der Waals surface area contributed by atoms with Crippen molar-refractivity contribution in [3.05, 3.63) is 36.5 Å². The zero-order valence-corrected chi connectivity index (χ0v) is 48.5. The van der Waals surface area contributed by atoms with Crippen molar-refractivity contribution in [1.29, 1.82) is 0 Å². The van der Waals surface area contributed by atoms with Crippen molar-refractivity contribution >= 4 is 5.91 Å². The number of aliphatic hydroxyl groups is 7. The maximum atomic E-state index is 13.2. The van der Waals surface area contributed by atoms with Gasteiger partial charge in [0.2, 0.25) is 5.91 Å². The topological polar surface area (TPSA) is 189 Å². The minimum atomic E-state index is -1.67. The van der Waals surface area contributed by atoms with Gasteiger partial charge in [-0.05, 0) is 77.0 Å². The van der Waals surface area contributed by atoms with Crippen LogP contribution in [0, 0.1) is 0 Å². The van der Waals surface area contributed by atoms with Gasteiger partial charge in [0.05, 0.1) is 25.4 Å². The summed E-state index contributed by atoms with van der Waals surface area (Å²) in [7, 11) is 0. The van der Waals surface area contributed by atoms with Crippen LogP contribution in [-0.2, 0) is 14.3 Å². The molecule has 442 valence electrons. The van der Waals surface area contributed by atoms with Gasteiger partial charge in [-0.1, -0.05) is 256 Å². The fraction of sp³-hybridized carbons (Fsp3) is 0.891. The molecule has 1 amide bonds. The van der Waals surface area contributed by atoms with Crippen molar-refractivity contribution < 1.29 is 50.0 Å². The average molecular weight is 1060 g/mol. The molecule has 0 aromatic rings. The SMILES string of the molecule is CCCCCCCCCCCCCC/C=C\CCCCCCCCCC(O)C(=O)NC(COC1OC(CO)C(O)C(O)C1O)C(O)C(O)CCC/C=C/CC/C=C/CCCCCCCCCCCCCCCCCC. The Morgan fingerprint density at radius 2 is 0.800 bits per heavy atom. The van der Waals surface area contributed by atoms with Crippen molar-refractivity contribution in [2.45, 2.75) is 351 Å². The minimum absolute atomic E-state index is 0.246. The summed E-state index contributed by atoms with van der Waals surface area (Å²) in [6.45, 7) is 3.47. The zero-order valence-electron chi connectivity index (χ0n) is 48.5. The van der Waals surface area contributed by atoms with Crippen LogP contribution in [0.5, 0.6) is 0 Å². The molecule has 11 heteroatoms. The van der Waals surface area contributed by atoms with Crippen LogP contribution in [-0.4, -0.2) is 110 Å². The molecule has 9 atom stereocenters. The van der Waals surface area contributed by atoms with Gasteiger partial charge in [-0.25, -0.2) is 0 Å². The van der Waals surface area contributed by atoms with Gasteiger partial charge in [0, 0.05) is 0 Å². The molecule has 1 heterocycles. The van der Waals surface area contributed by atoms with Gasteiger partial charge in [0.1, 0.15) is 36.6 Å². The predicted octanol–water partition coefficient (Wildman–Crippen LogP) is 14.2. The molecule has 0 aliphatic carbocycles. The summed E-state index contributed by atoms with van der Waals surface area (Å²) in [6.07, 6.45) is 55.0. The molecule has 1 saturated heterocycles. The summed E-state index contributed by atoms with van der Waals surface area (Å²) >= 11 is 0. The minimum Gasteiger partial charge on any atom is -0.394 e. The number of ether oxygens (including phenoxy) is 2. The van der Waals surface area contributed by atoms with Crippen LogP contribution in [0.15, 0.2) is 36.5 Å². The Morgan fingerprint density at radius 1 is 0.453 bits per heavy atom. The highest BCUT2D eigenvalue weighted by atomic mass is 16.7. The Hall–Kier alpha value is -1.67. The zero-order chi connectivity index (χ0) is 54.7. The lowest BCUT2D eigenvalue weighted by atomic mass is 9.98. The van der Waals surface area contributed by atoms with E-state index in [4.69, 9.17) is 9.47 Å². The highest BCUT2D eigenvalue weighted by molar-refractivity contribution is 5.80. The Labute approximate surface area is 460 Å². The van der Waals surface area contributed by atoms with Gasteiger partial charge in [-0.2, -0.15) is 0 Å². The summed E-state index contributed by atoms with van der Waals surface area (Å²) in [5.74, 6) is -0.711. The second-order valence-electron chi connectivity index (χ2n) is 22.5. The van der Waals surface area contributed by atoms with E-state index < -0.39 is 74.2 Å². The number of unbranched alkanes of at least 4 members (excludes halogenated alkanes) is 37. The Bertz CT molecular complexity index is 1310. The third kappa shape index (κ3) is 41.1. The molecule has 0 aromatic heterocycles. The molecule has 0 spiro atoms. The van der Waals surface area contributed by atoms with Crippen LogP contribution in [0.25, 0.3) is 0 Å². The summed E-state index contributed by atoms with van der Waals surface area (Å²) in [4.78, 5) is 13.2. The maximum absolute atomic E-state index is 13.2. The monoisotopic (exact) mass is 1060 g/mol. The van der Waals surface area contributed by atoms with Gasteiger partial charge in [0.15, 0.2) is 6.29 Å². The fourth-order valence-electron chi connectivity index (χ4n) is 10.2. The molecule has 1 fully saturated rings. The van der Waals surface area contributed by atoms with E-state index in [2.05, 4.69) is 55.6 Å². The summed E-state index contributed by atoms with van der Waals surface area (Å²) < 4.78 is 11.2. The summed E-state index contributed by atoms with van der Waals surface area (Å²) in [5.41, 5.74) is 0. The quantitative estimate of drug-likeness (QED) is 0.0215. The molecule has 0 bridgehead atoms. The van der Waals surface area contributed by atoms with E-state index in [1.165, 1.54) is 205 Å². The van der Waals surface area contributed by atoms with Crippen LogP contribution in [0.4, 0.5) is 0 Å². The van der Waals surface area contributed by atoms with Gasteiger partial charge < -0.3 is 50.5 Å². The molecule has 8 N–H and O–H groups in total. The third-order valence-corrected chi connectivity index (χ3v) is 15.4. The number of rotatable bonds is 55. The predicted molar refractivity (Wildman–Crippen MR) is 312 cm³/mol. The van der Waals surface area contributed by atoms with Crippen molar-refractivity contribution in [3.63, 3.8) is 0 Å². The summed E-state index contributed by atoms with van der Waals surface area (Å²) in [5, 5.41) is 76.3. The smallest absolute Gasteiger partial charge is 0.249 e. The van der Waals surface area contributed by atoms with E-state index in [0.717, 1.165) is 44.9 Å². The van der Waals surface area contributed by atoms with Crippen molar-refractivity contribution in [1.82, 2.24) is 5.32 Å². The summed E-state index contributed by atoms with van der Waals surface area (Å²) in [6, 6.07) is -1.19. The number of carbonyl (C=O) groups is 1. The van der Waals surface area contributed by atoms with E-state index >= 15 is 0 Å². The lowest BCUT2D eigenvalue weighted by Crippen LogP contribution is -2.60. The molecule has 1 aliphatic rings. The van der Waals surface area contributed by atoms with Gasteiger partial charge in [-0.3, -0.25) is 4.79 Å². The van der Waals surface area contributed by atoms with Crippen LogP contribution < -0.4 is 5.32 Å². The van der Waals surface area contributed by atoms with Crippen molar-refractivity contribution in [2.24, 2.45) is 0 Å². The van der Waals surface area contributed by atoms with Crippen molar-refractivity contribution in [2.75, 3.05) is 13.2 Å². The molecule has 0 radical (unpaired) electrons. The lowest BCUT2D eigenvalue weighted by Gasteiger charge is -2.40. The Morgan fingerprint density at radius 3 is 1.19 bits per heavy atom. The number of hydrogen-bond donors (Lipinski definition) is 8. The van der Waals surface area contributed by atoms with Crippen LogP contribution in [0.1, 0.15) is 296 Å². The molecule has 0 aromatic carbocycles. The van der Waals surface area contributed by atoms with E-state index in [0.29, 0.717) is 19.3 Å². The first-order chi connectivity index (χ1) is 36.7. The van der Waals surface area contributed by atoms with E-state index in [-0.39, 0.29) is 12.8 Å². The van der Waals surface area contributed by atoms with Crippen LogP contribution in [0.3, 0.4) is 0 Å². The first kappa shape index (κ1) is 71.3. The highest BCUT2D eigenvalue weighted by Crippen LogP contribution is 2.23. The van der Waals surface area contributed by atoms with E-state index in [1.54, 1.807) is 0 Å². The molecular weight excluding hydrogens is 943 g/mol. The molecule has 75 heavy (non-hydrogen) atoms. The standard InChI is InChI=1S/C64H121NO10/c1-3-5-7-9-11-13-15-17-19-21-23-25-27-28-30-31-33-35-37-39-41-43-45-47-49-51-56(67)59(69)55(54-74-64-62(72)61(71)60(70)58(53-66)75-64)65-63(73)57(68)52-50-48-46-44-42-40-38-36-34-32-29-26-24-22-20-18-16-14-12-10-8-6-4-2/h32,34-35,37,43,45,55-62,64,66-72H,3-31,33,36,38-42,44,46-54H2,1-2H3,(H,65,73)/b34-32-,37-35+,45-43+. The molecular formula is C64H121NO10. The second kappa shape index (κ2) is 53.0. The third-order valence-electron chi connectivity index (χ3n) is 15.4. The normalized spacial score (nSPS) is 19.9. The Kier molecular flexibility index (Phi) is 50.4. The van der Waals surface area contributed by atoms with Crippen LogP contribution in [0.2, 0.25) is 0 Å². The van der Waals surface area contributed by atoms with Crippen LogP contribution >= 0.6 is 0 Å². The molecule has 11 nitrogen and oxygen atoms in total. The first-order valence-electron chi connectivity index (χ1n) is 31.9. The van der Waals surface area contributed by atoms with E-state index in [1.807, 2.05) is 0 Å². The maximum Gasteiger partial charge on any atom is 0.249 e. The second-order valence-corrected chi connectivity index (χ2v) is 22.5. The number of nitrogens with one attached hydrogen (secondary N) is 1. The number of aliphatic hydroxyl groups excluding tert-OH is 7. The van der Waals surface area contributed by atoms with Gasteiger partial charge in [0.25, 0.3) is 0 Å². The number of hydrogen-bond acceptors (Lipinski definition) is 10. The molecule has 1 aliphatic heterocycles. The molecule has 1 rings (SSSR count). The first-order valence-corrected chi connectivity index (χ1v) is 31.9. The Balaban J connectivity index is 2.30. The van der Waals surface area contributed by atoms with E-state index in [9.17, 15) is 40.5 Å². The molecule has 0 saturated carbocycles. The number of carbonyl (C=O) groups excluding carboxylic acids is 1. The number of amides is 1.